The summed E-state index contributed by atoms with van der Waals surface area (Å²) >= 11 is 0. The van der Waals surface area contributed by atoms with Crippen molar-refractivity contribution in [2.24, 2.45) is 7.05 Å². The zero-order valence-corrected chi connectivity index (χ0v) is 25.2. The van der Waals surface area contributed by atoms with Crippen molar-refractivity contribution in [3.05, 3.63) is 106 Å². The fourth-order valence-corrected chi connectivity index (χ4v) is 5.18. The van der Waals surface area contributed by atoms with Gasteiger partial charge in [-0.05, 0) is 65.9 Å². The van der Waals surface area contributed by atoms with Crippen LogP contribution in [0.2, 0.25) is 0 Å². The molecule has 0 aliphatic carbocycles. The lowest BCUT2D eigenvalue weighted by atomic mass is 9.81. The molecule has 0 atom stereocenters. The fourth-order valence-electron chi connectivity index (χ4n) is 5.18. The van der Waals surface area contributed by atoms with Crippen molar-refractivity contribution in [3.8, 4) is 11.3 Å². The number of nitrogens with zero attached hydrogens (tertiary/aromatic N) is 3. The topological polar surface area (TPSA) is 106 Å². The summed E-state index contributed by atoms with van der Waals surface area (Å²) < 4.78 is 6.85. The van der Waals surface area contributed by atoms with Crippen molar-refractivity contribution in [2.45, 2.75) is 33.1 Å². The van der Waals surface area contributed by atoms with Crippen molar-refractivity contribution in [1.82, 2.24) is 14.5 Å². The third kappa shape index (κ3) is 6.52. The predicted molar refractivity (Wildman–Crippen MR) is 169 cm³/mol. The molecule has 2 heterocycles. The Hall–Kier alpha value is -4.76. The lowest BCUT2D eigenvalue weighted by Crippen LogP contribution is -2.40. The maximum absolute atomic E-state index is 13.2. The summed E-state index contributed by atoms with van der Waals surface area (Å²) in [4.78, 5) is 45.6. The van der Waals surface area contributed by atoms with Crippen molar-refractivity contribution in [2.75, 3.05) is 36.9 Å². The van der Waals surface area contributed by atoms with Crippen LogP contribution in [0, 0.1) is 6.92 Å². The molecule has 0 unspecified atom stereocenters. The van der Waals surface area contributed by atoms with Gasteiger partial charge in [-0.15, -0.1) is 0 Å². The standard InChI is InChI=1S/C34H37N5O4/c1-22-27(37-31(40)23-9-7-6-8-10-23)16-15-26(34(2,3)4)29(22)28-21-38(5)33(42)30(36-28)35-25-13-11-24(12-14-25)32(41)39-17-19-43-20-18-39/h6-16,21H,17-20H2,1-5H3,(H,35,36)(H,37,40). The van der Waals surface area contributed by atoms with Gasteiger partial charge in [-0.1, -0.05) is 45.0 Å². The second-order valence-corrected chi connectivity index (χ2v) is 11.7. The Bertz CT molecular complexity index is 1700. The maximum Gasteiger partial charge on any atom is 0.293 e. The Labute approximate surface area is 251 Å². The molecular weight excluding hydrogens is 542 g/mol. The van der Waals surface area contributed by atoms with Crippen LogP contribution >= 0.6 is 0 Å². The molecule has 9 heteroatoms. The van der Waals surface area contributed by atoms with E-state index < -0.39 is 0 Å². The van der Waals surface area contributed by atoms with E-state index in [-0.39, 0.29) is 28.6 Å². The maximum atomic E-state index is 13.2. The Morgan fingerprint density at radius 1 is 0.907 bits per heavy atom. The van der Waals surface area contributed by atoms with Gasteiger partial charge >= 0.3 is 0 Å². The predicted octanol–water partition coefficient (Wildman–Crippen LogP) is 5.52. The highest BCUT2D eigenvalue weighted by atomic mass is 16.5. The van der Waals surface area contributed by atoms with E-state index in [1.165, 1.54) is 4.57 Å². The Morgan fingerprint density at radius 2 is 1.58 bits per heavy atom. The van der Waals surface area contributed by atoms with E-state index in [9.17, 15) is 14.4 Å². The molecule has 1 aliphatic heterocycles. The third-order valence-electron chi connectivity index (χ3n) is 7.58. The Balaban J connectivity index is 1.49. The minimum absolute atomic E-state index is 0.0460. The number of aryl methyl sites for hydroxylation is 1. The molecule has 0 saturated carbocycles. The minimum Gasteiger partial charge on any atom is -0.378 e. The van der Waals surface area contributed by atoms with Gasteiger partial charge in [-0.3, -0.25) is 14.4 Å². The first-order valence-electron chi connectivity index (χ1n) is 14.4. The summed E-state index contributed by atoms with van der Waals surface area (Å²) in [5, 5.41) is 6.20. The van der Waals surface area contributed by atoms with Crippen LogP contribution in [0.3, 0.4) is 0 Å². The molecule has 222 valence electrons. The number of amides is 2. The summed E-state index contributed by atoms with van der Waals surface area (Å²) in [6, 6.07) is 20.0. The number of morpholine rings is 1. The van der Waals surface area contributed by atoms with E-state index in [0.717, 1.165) is 16.7 Å². The smallest absolute Gasteiger partial charge is 0.293 e. The Kier molecular flexibility index (Phi) is 8.45. The van der Waals surface area contributed by atoms with Crippen LogP contribution in [0.4, 0.5) is 17.2 Å². The number of hydrogen-bond acceptors (Lipinski definition) is 6. The minimum atomic E-state index is -0.291. The molecule has 9 nitrogen and oxygen atoms in total. The number of anilines is 3. The van der Waals surface area contributed by atoms with Gasteiger partial charge in [0.2, 0.25) is 0 Å². The van der Waals surface area contributed by atoms with Crippen LogP contribution in [0.5, 0.6) is 0 Å². The number of rotatable bonds is 6. The average molecular weight is 580 g/mol. The number of benzene rings is 3. The van der Waals surface area contributed by atoms with Gasteiger partial charge in [-0.25, -0.2) is 4.98 Å². The molecule has 0 bridgehead atoms. The van der Waals surface area contributed by atoms with Gasteiger partial charge in [0.25, 0.3) is 17.4 Å². The van der Waals surface area contributed by atoms with E-state index >= 15 is 0 Å². The van der Waals surface area contributed by atoms with Crippen molar-refractivity contribution < 1.29 is 14.3 Å². The van der Waals surface area contributed by atoms with E-state index in [4.69, 9.17) is 9.72 Å². The van der Waals surface area contributed by atoms with E-state index in [0.29, 0.717) is 54.5 Å². The van der Waals surface area contributed by atoms with Crippen LogP contribution < -0.4 is 16.2 Å². The first kappa shape index (κ1) is 29.7. The molecule has 2 amide bonds. The zero-order chi connectivity index (χ0) is 30.7. The lowest BCUT2D eigenvalue weighted by molar-refractivity contribution is 0.0303. The molecule has 43 heavy (non-hydrogen) atoms. The average Bonchev–Trinajstić information content (AvgIpc) is 3.00. The number of nitrogens with one attached hydrogen (secondary N) is 2. The van der Waals surface area contributed by atoms with Gasteiger partial charge in [0.1, 0.15) is 0 Å². The molecule has 1 saturated heterocycles. The third-order valence-corrected chi connectivity index (χ3v) is 7.58. The highest BCUT2D eigenvalue weighted by molar-refractivity contribution is 6.05. The van der Waals surface area contributed by atoms with Gasteiger partial charge in [0, 0.05) is 54.4 Å². The van der Waals surface area contributed by atoms with Gasteiger partial charge in [0.15, 0.2) is 5.82 Å². The first-order chi connectivity index (χ1) is 20.5. The summed E-state index contributed by atoms with van der Waals surface area (Å²) in [6.07, 6.45) is 1.72. The van der Waals surface area contributed by atoms with E-state index in [2.05, 4.69) is 31.4 Å². The summed E-state index contributed by atoms with van der Waals surface area (Å²) in [5.41, 5.74) is 5.24. The molecule has 4 aromatic rings. The Morgan fingerprint density at radius 3 is 2.23 bits per heavy atom. The molecular formula is C34H37N5O4. The van der Waals surface area contributed by atoms with Crippen LogP contribution in [-0.2, 0) is 17.2 Å². The van der Waals surface area contributed by atoms with Crippen molar-refractivity contribution in [1.29, 1.82) is 0 Å². The summed E-state index contributed by atoms with van der Waals surface area (Å²) in [7, 11) is 1.69. The van der Waals surface area contributed by atoms with E-state index in [1.54, 1.807) is 54.5 Å². The number of ether oxygens (including phenoxy) is 1. The molecule has 1 fully saturated rings. The molecule has 0 radical (unpaired) electrons. The second-order valence-electron chi connectivity index (χ2n) is 11.7. The molecule has 0 spiro atoms. The number of hydrogen-bond donors (Lipinski definition) is 2. The monoisotopic (exact) mass is 579 g/mol. The normalized spacial score (nSPS) is 13.5. The van der Waals surface area contributed by atoms with Crippen LogP contribution in [-0.4, -0.2) is 52.6 Å². The zero-order valence-electron chi connectivity index (χ0n) is 25.2. The fraction of sp³-hybridized carbons (Fsp3) is 0.294. The summed E-state index contributed by atoms with van der Waals surface area (Å²) in [6.45, 7) is 10.5. The van der Waals surface area contributed by atoms with Crippen LogP contribution in [0.15, 0.2) is 77.7 Å². The highest BCUT2D eigenvalue weighted by Gasteiger charge is 2.25. The molecule has 1 aromatic heterocycles. The molecule has 1 aliphatic rings. The van der Waals surface area contributed by atoms with Crippen LogP contribution in [0.25, 0.3) is 11.3 Å². The van der Waals surface area contributed by atoms with Crippen molar-refractivity contribution >= 4 is 29.0 Å². The SMILES string of the molecule is Cc1c(NC(=O)c2ccccc2)ccc(C(C)(C)C)c1-c1cn(C)c(=O)c(Nc2ccc(C(=O)N3CCOCC3)cc2)n1. The van der Waals surface area contributed by atoms with Crippen molar-refractivity contribution in [3.63, 3.8) is 0 Å². The largest absolute Gasteiger partial charge is 0.378 e. The molecule has 3 aromatic carbocycles. The summed E-state index contributed by atoms with van der Waals surface area (Å²) in [5.74, 6) is -0.0926. The molecule has 5 rings (SSSR count). The van der Waals surface area contributed by atoms with Gasteiger partial charge in [-0.2, -0.15) is 0 Å². The number of aromatic nitrogens is 2. The number of carbonyl (C=O) groups excluding carboxylic acids is 2. The highest BCUT2D eigenvalue weighted by Crippen LogP contribution is 2.38. The first-order valence-corrected chi connectivity index (χ1v) is 14.4. The lowest BCUT2D eigenvalue weighted by Gasteiger charge is -2.27. The van der Waals surface area contributed by atoms with E-state index in [1.807, 2.05) is 37.3 Å². The van der Waals surface area contributed by atoms with Gasteiger partial charge in [0.05, 0.1) is 18.9 Å². The number of carbonyl (C=O) groups is 2. The van der Waals surface area contributed by atoms with Crippen LogP contribution in [0.1, 0.15) is 52.6 Å². The second kappa shape index (κ2) is 12.2. The molecule has 2 N–H and O–H groups in total. The van der Waals surface area contributed by atoms with Gasteiger partial charge < -0.3 is 24.8 Å². The quantitative estimate of drug-likeness (QED) is 0.312.